The molecule has 8 nitrogen and oxygen atoms in total. The number of carbonyl (C=O) groups is 2. The number of anilines is 1. The number of methoxy groups -OCH3 is 1. The summed E-state index contributed by atoms with van der Waals surface area (Å²) >= 11 is 0. The Bertz CT molecular complexity index is 1380. The van der Waals surface area contributed by atoms with E-state index in [0.29, 0.717) is 0 Å². The number of sulfonamides is 1. The number of hydrogen-bond donors (Lipinski definition) is 1. The van der Waals surface area contributed by atoms with E-state index in [2.05, 4.69) is 4.72 Å². The molecular weight excluding hydrogens is 494 g/mol. The van der Waals surface area contributed by atoms with E-state index in [4.69, 9.17) is 9.47 Å². The third kappa shape index (κ3) is 5.46. The third-order valence-corrected chi connectivity index (χ3v) is 7.00. The molecule has 0 aromatic heterocycles. The molecule has 1 aliphatic heterocycles. The lowest BCUT2D eigenvalue weighted by Crippen LogP contribution is -2.41. The van der Waals surface area contributed by atoms with Gasteiger partial charge in [-0.15, -0.1) is 0 Å². The number of nitrogens with one attached hydrogen (secondary N) is 1. The van der Waals surface area contributed by atoms with Gasteiger partial charge in [-0.25, -0.2) is 22.0 Å². The van der Waals surface area contributed by atoms with Crippen molar-refractivity contribution in [2.45, 2.75) is 23.5 Å². The van der Waals surface area contributed by atoms with Gasteiger partial charge in [-0.05, 0) is 54.6 Å². The average Bonchev–Trinajstić information content (AvgIpc) is 3.28. The maximum atomic E-state index is 14.0. The molecule has 0 aliphatic carbocycles. The molecule has 3 aromatic carbocycles. The van der Waals surface area contributed by atoms with Crippen LogP contribution in [0, 0.1) is 11.6 Å². The van der Waals surface area contributed by atoms with Crippen molar-refractivity contribution >= 4 is 27.6 Å². The van der Waals surface area contributed by atoms with Crippen molar-refractivity contribution in [3.8, 4) is 5.75 Å². The topological polar surface area (TPSA) is 102 Å². The van der Waals surface area contributed by atoms with Gasteiger partial charge in [0.2, 0.25) is 0 Å². The van der Waals surface area contributed by atoms with Crippen LogP contribution in [0.1, 0.15) is 16.8 Å². The first-order chi connectivity index (χ1) is 17.2. The number of benzene rings is 3. The Morgan fingerprint density at radius 2 is 1.72 bits per heavy atom. The van der Waals surface area contributed by atoms with Crippen molar-refractivity contribution in [3.05, 3.63) is 90.0 Å². The van der Waals surface area contributed by atoms with E-state index in [1.54, 1.807) is 6.07 Å². The van der Waals surface area contributed by atoms with Crippen molar-refractivity contribution in [2.75, 3.05) is 18.4 Å². The van der Waals surface area contributed by atoms with Gasteiger partial charge in [-0.1, -0.05) is 18.2 Å². The molecule has 1 N–H and O–H groups in total. The van der Waals surface area contributed by atoms with Gasteiger partial charge >= 0.3 is 5.97 Å². The van der Waals surface area contributed by atoms with E-state index in [-0.39, 0.29) is 34.9 Å². The third-order valence-electron chi connectivity index (χ3n) is 5.62. The summed E-state index contributed by atoms with van der Waals surface area (Å²) in [5.41, 5.74) is 0.340. The lowest BCUT2D eigenvalue weighted by molar-refractivity contribution is -0.145. The summed E-state index contributed by atoms with van der Waals surface area (Å²) in [5.74, 6) is -2.39. The Morgan fingerprint density at radius 1 is 1.00 bits per heavy atom. The minimum absolute atomic E-state index is 0.00958. The van der Waals surface area contributed by atoms with E-state index < -0.39 is 45.7 Å². The molecule has 4 rings (SSSR count). The van der Waals surface area contributed by atoms with Gasteiger partial charge in [0.1, 0.15) is 18.0 Å². The van der Waals surface area contributed by atoms with Crippen LogP contribution in [0.5, 0.6) is 5.75 Å². The summed E-state index contributed by atoms with van der Waals surface area (Å²) in [7, 11) is -2.84. The highest BCUT2D eigenvalue weighted by Crippen LogP contribution is 2.27. The van der Waals surface area contributed by atoms with Crippen molar-refractivity contribution in [2.24, 2.45) is 0 Å². The summed E-state index contributed by atoms with van der Waals surface area (Å²) in [6.07, 6.45) is -0.537. The van der Waals surface area contributed by atoms with Gasteiger partial charge < -0.3 is 14.4 Å². The van der Waals surface area contributed by atoms with Crippen LogP contribution in [-0.4, -0.2) is 51.0 Å². The Morgan fingerprint density at radius 3 is 2.39 bits per heavy atom. The zero-order valence-corrected chi connectivity index (χ0v) is 19.9. The van der Waals surface area contributed by atoms with Gasteiger partial charge in [0.15, 0.2) is 11.6 Å². The summed E-state index contributed by atoms with van der Waals surface area (Å²) in [6.45, 7) is 0.0148. The molecular formula is C25H22F2N2O6S. The highest BCUT2D eigenvalue weighted by Gasteiger charge is 2.42. The number of amides is 1. The van der Waals surface area contributed by atoms with Crippen molar-refractivity contribution in [1.82, 2.24) is 4.90 Å². The molecule has 1 heterocycles. The molecule has 0 saturated carbocycles. The fraction of sp³-hybridized carbons (Fsp3) is 0.200. The first-order valence-corrected chi connectivity index (χ1v) is 12.3. The second-order valence-corrected chi connectivity index (χ2v) is 9.73. The number of likely N-dealkylation sites (tertiary alicyclic amines) is 1. The van der Waals surface area contributed by atoms with Crippen molar-refractivity contribution in [1.29, 1.82) is 0 Å². The average molecular weight is 517 g/mol. The molecule has 2 unspecified atom stereocenters. The Kier molecular flexibility index (Phi) is 7.20. The lowest BCUT2D eigenvalue weighted by atomic mass is 10.1. The highest BCUT2D eigenvalue weighted by molar-refractivity contribution is 7.92. The quantitative estimate of drug-likeness (QED) is 0.482. The number of halogens is 2. The molecule has 1 fully saturated rings. The second kappa shape index (κ2) is 10.3. The minimum atomic E-state index is -4.04. The van der Waals surface area contributed by atoms with Crippen LogP contribution in [0.2, 0.25) is 0 Å². The predicted molar refractivity (Wildman–Crippen MR) is 126 cm³/mol. The van der Waals surface area contributed by atoms with Crippen LogP contribution in [0.4, 0.5) is 14.5 Å². The van der Waals surface area contributed by atoms with Crippen molar-refractivity contribution < 1.29 is 36.3 Å². The van der Waals surface area contributed by atoms with E-state index in [1.165, 1.54) is 66.6 Å². The molecule has 0 bridgehead atoms. The summed E-state index contributed by atoms with van der Waals surface area (Å²) in [5, 5.41) is 0. The number of nitrogens with zero attached hydrogens (tertiary/aromatic N) is 1. The smallest absolute Gasteiger partial charge is 0.328 e. The van der Waals surface area contributed by atoms with Crippen molar-refractivity contribution in [3.63, 3.8) is 0 Å². The van der Waals surface area contributed by atoms with Crippen LogP contribution >= 0.6 is 0 Å². The standard InChI is InChI=1S/C25H22F2N2O6S/c1-34-25(31)22-14-19(35-23-8-3-2-7-21(23)27)15-29(22)24(30)16-9-11-18(12-10-16)28-36(32,33)20-6-4-5-17(26)13-20/h2-13,19,22,28H,14-15H2,1H3. The summed E-state index contributed by atoms with van der Waals surface area (Å²) < 4.78 is 65.3. The number of ether oxygens (including phenoxy) is 2. The molecule has 0 radical (unpaired) electrons. The second-order valence-electron chi connectivity index (χ2n) is 8.04. The number of rotatable bonds is 7. The molecule has 11 heteroatoms. The van der Waals surface area contributed by atoms with Crippen LogP contribution in [0.15, 0.2) is 77.7 Å². The van der Waals surface area contributed by atoms with Gasteiger partial charge in [-0.2, -0.15) is 0 Å². The maximum Gasteiger partial charge on any atom is 0.328 e. The van der Waals surface area contributed by atoms with E-state index >= 15 is 0 Å². The largest absolute Gasteiger partial charge is 0.485 e. The molecule has 3 aromatic rings. The maximum absolute atomic E-state index is 14.0. The highest BCUT2D eigenvalue weighted by atomic mass is 32.2. The van der Waals surface area contributed by atoms with Crippen LogP contribution in [-0.2, 0) is 19.6 Å². The molecule has 36 heavy (non-hydrogen) atoms. The van der Waals surface area contributed by atoms with Gasteiger partial charge in [-0.3, -0.25) is 9.52 Å². The first-order valence-electron chi connectivity index (χ1n) is 10.9. The summed E-state index contributed by atoms with van der Waals surface area (Å²) in [6, 6.07) is 15.0. The Hall–Kier alpha value is -3.99. The Labute approximate surface area is 206 Å². The Balaban J connectivity index is 1.49. The first kappa shape index (κ1) is 25.1. The van der Waals surface area contributed by atoms with Crippen LogP contribution < -0.4 is 9.46 Å². The number of carbonyl (C=O) groups excluding carboxylic acids is 2. The van der Waals surface area contributed by atoms with E-state index in [9.17, 15) is 26.8 Å². The molecule has 2 atom stereocenters. The number of para-hydroxylation sites is 1. The molecule has 0 spiro atoms. The molecule has 1 aliphatic rings. The molecule has 1 saturated heterocycles. The predicted octanol–water partition coefficient (Wildman–Crippen LogP) is 3.60. The van der Waals surface area contributed by atoms with E-state index in [0.717, 1.165) is 12.1 Å². The van der Waals surface area contributed by atoms with E-state index in [1.807, 2.05) is 0 Å². The van der Waals surface area contributed by atoms with Gasteiger partial charge in [0.05, 0.1) is 18.6 Å². The zero-order chi connectivity index (χ0) is 25.9. The monoisotopic (exact) mass is 516 g/mol. The molecule has 1 amide bonds. The number of esters is 1. The summed E-state index contributed by atoms with van der Waals surface area (Å²) in [4.78, 5) is 26.6. The van der Waals surface area contributed by atoms with Gasteiger partial charge in [0, 0.05) is 17.7 Å². The van der Waals surface area contributed by atoms with Gasteiger partial charge in [0.25, 0.3) is 15.9 Å². The van der Waals surface area contributed by atoms with Crippen LogP contribution in [0.25, 0.3) is 0 Å². The normalized spacial score (nSPS) is 17.5. The molecule has 188 valence electrons. The lowest BCUT2D eigenvalue weighted by Gasteiger charge is -2.22. The zero-order valence-electron chi connectivity index (χ0n) is 19.1. The fourth-order valence-corrected chi connectivity index (χ4v) is 4.97. The minimum Gasteiger partial charge on any atom is -0.485 e. The number of hydrogen-bond acceptors (Lipinski definition) is 6. The SMILES string of the molecule is COC(=O)C1CC(Oc2ccccc2F)CN1C(=O)c1ccc(NS(=O)(=O)c2cccc(F)c2)cc1. The fourth-order valence-electron chi connectivity index (χ4n) is 3.88. The van der Waals surface area contributed by atoms with Crippen LogP contribution in [0.3, 0.4) is 0 Å².